The number of benzene rings is 1. The van der Waals surface area contributed by atoms with Crippen LogP contribution >= 0.6 is 15.9 Å². The van der Waals surface area contributed by atoms with Gasteiger partial charge < -0.3 is 5.32 Å². The maximum atomic E-state index is 4.70. The second-order valence-electron chi connectivity index (χ2n) is 5.64. The zero-order chi connectivity index (χ0) is 14.7. The molecule has 0 saturated carbocycles. The summed E-state index contributed by atoms with van der Waals surface area (Å²) < 4.78 is 1.14. The van der Waals surface area contributed by atoms with Crippen LogP contribution in [-0.4, -0.2) is 11.5 Å². The molecule has 0 amide bonds. The lowest BCUT2D eigenvalue weighted by atomic mass is 9.79. The van der Waals surface area contributed by atoms with Crippen molar-refractivity contribution in [2.75, 3.05) is 6.54 Å². The van der Waals surface area contributed by atoms with Gasteiger partial charge in [0.15, 0.2) is 0 Å². The number of hydrogen-bond donors (Lipinski definition) is 1. The first kappa shape index (κ1) is 14.7. The van der Waals surface area contributed by atoms with E-state index in [0.717, 1.165) is 17.4 Å². The van der Waals surface area contributed by atoms with E-state index in [-0.39, 0.29) is 0 Å². The monoisotopic (exact) mass is 344 g/mol. The number of nitrogens with zero attached hydrogens (tertiary/aromatic N) is 1. The van der Waals surface area contributed by atoms with E-state index in [9.17, 15) is 0 Å². The molecule has 0 spiro atoms. The number of aromatic nitrogens is 1. The third-order valence-corrected chi connectivity index (χ3v) is 4.77. The van der Waals surface area contributed by atoms with Crippen molar-refractivity contribution >= 4 is 15.9 Å². The highest BCUT2D eigenvalue weighted by Gasteiger charge is 2.29. The molecule has 110 valence electrons. The fraction of sp³-hybridized carbons (Fsp3) is 0.389. The molecule has 1 aliphatic rings. The lowest BCUT2D eigenvalue weighted by Gasteiger charge is -2.32. The van der Waals surface area contributed by atoms with Crippen molar-refractivity contribution in [2.24, 2.45) is 0 Å². The Labute approximate surface area is 135 Å². The molecule has 2 nitrogen and oxygen atoms in total. The molecular formula is C18H21BrN2. The molecule has 21 heavy (non-hydrogen) atoms. The lowest BCUT2D eigenvalue weighted by Crippen LogP contribution is -2.29. The first-order chi connectivity index (χ1) is 10.3. The smallest absolute Gasteiger partial charge is 0.0485 e. The molecule has 2 aromatic rings. The van der Waals surface area contributed by atoms with Gasteiger partial charge in [0.25, 0.3) is 0 Å². The van der Waals surface area contributed by atoms with Gasteiger partial charge in [-0.3, -0.25) is 4.98 Å². The molecule has 0 fully saturated rings. The summed E-state index contributed by atoms with van der Waals surface area (Å²) in [6.45, 7) is 3.14. The summed E-state index contributed by atoms with van der Waals surface area (Å²) in [6.07, 6.45) is 5.55. The van der Waals surface area contributed by atoms with E-state index in [4.69, 9.17) is 4.98 Å². The van der Waals surface area contributed by atoms with Crippen LogP contribution in [0.2, 0.25) is 0 Å². The second-order valence-corrected chi connectivity index (χ2v) is 6.55. The highest BCUT2D eigenvalue weighted by molar-refractivity contribution is 9.10. The predicted molar refractivity (Wildman–Crippen MR) is 90.5 cm³/mol. The van der Waals surface area contributed by atoms with E-state index in [1.807, 2.05) is 6.20 Å². The van der Waals surface area contributed by atoms with Crippen LogP contribution in [0, 0.1) is 0 Å². The molecule has 0 aliphatic heterocycles. The Balaban J connectivity index is 1.99. The minimum Gasteiger partial charge on any atom is -0.310 e. The van der Waals surface area contributed by atoms with Gasteiger partial charge in [-0.05, 0) is 55.1 Å². The Bertz CT molecular complexity index is 612. The third kappa shape index (κ3) is 3.19. The molecule has 1 aromatic carbocycles. The Kier molecular flexibility index (Phi) is 4.71. The van der Waals surface area contributed by atoms with Gasteiger partial charge in [-0.25, -0.2) is 0 Å². The van der Waals surface area contributed by atoms with Crippen LogP contribution in [0.1, 0.15) is 48.5 Å². The van der Waals surface area contributed by atoms with E-state index >= 15 is 0 Å². The van der Waals surface area contributed by atoms with Crippen LogP contribution < -0.4 is 5.32 Å². The van der Waals surface area contributed by atoms with E-state index in [0.29, 0.717) is 12.0 Å². The lowest BCUT2D eigenvalue weighted by molar-refractivity contribution is 0.400. The molecule has 3 rings (SSSR count). The molecule has 1 aromatic heterocycles. The van der Waals surface area contributed by atoms with Crippen LogP contribution in [-0.2, 0) is 6.42 Å². The SMILES string of the molecule is CCNC(c1cccc(Br)c1)C1CCCc2cccnc21. The van der Waals surface area contributed by atoms with E-state index in [1.54, 1.807) is 0 Å². The van der Waals surface area contributed by atoms with Crippen molar-refractivity contribution in [2.45, 2.75) is 38.1 Å². The van der Waals surface area contributed by atoms with Gasteiger partial charge >= 0.3 is 0 Å². The second kappa shape index (κ2) is 6.71. The summed E-state index contributed by atoms with van der Waals surface area (Å²) in [5.41, 5.74) is 4.05. The number of hydrogen-bond acceptors (Lipinski definition) is 2. The number of halogens is 1. The minimum atomic E-state index is 0.335. The fourth-order valence-electron chi connectivity index (χ4n) is 3.38. The largest absolute Gasteiger partial charge is 0.310 e. The normalized spacial score (nSPS) is 19.0. The molecule has 0 bridgehead atoms. The maximum absolute atomic E-state index is 4.70. The highest BCUT2D eigenvalue weighted by Crippen LogP contribution is 2.39. The van der Waals surface area contributed by atoms with Gasteiger partial charge in [-0.15, -0.1) is 0 Å². The van der Waals surface area contributed by atoms with Gasteiger partial charge in [0.1, 0.15) is 0 Å². The van der Waals surface area contributed by atoms with Gasteiger partial charge in [-0.1, -0.05) is 41.1 Å². The molecule has 1 aliphatic carbocycles. The van der Waals surface area contributed by atoms with Gasteiger partial charge in [0.05, 0.1) is 0 Å². The van der Waals surface area contributed by atoms with E-state index in [1.165, 1.54) is 29.7 Å². The van der Waals surface area contributed by atoms with Crippen molar-refractivity contribution in [1.29, 1.82) is 0 Å². The van der Waals surface area contributed by atoms with Crippen molar-refractivity contribution in [3.63, 3.8) is 0 Å². The average Bonchev–Trinajstić information content (AvgIpc) is 2.52. The van der Waals surface area contributed by atoms with E-state index < -0.39 is 0 Å². The van der Waals surface area contributed by atoms with Crippen molar-refractivity contribution in [3.05, 3.63) is 63.9 Å². The Morgan fingerprint density at radius 3 is 3.05 bits per heavy atom. The van der Waals surface area contributed by atoms with Crippen molar-refractivity contribution < 1.29 is 0 Å². The first-order valence-electron chi connectivity index (χ1n) is 7.72. The molecule has 1 N–H and O–H groups in total. The van der Waals surface area contributed by atoms with Gasteiger partial charge in [0.2, 0.25) is 0 Å². The van der Waals surface area contributed by atoms with E-state index in [2.05, 4.69) is 64.6 Å². The molecule has 1 heterocycles. The Hall–Kier alpha value is -1.19. The number of pyridine rings is 1. The summed E-state index contributed by atoms with van der Waals surface area (Å²) in [5, 5.41) is 3.68. The standard InChI is InChI=1S/C18H21BrN2/c1-2-20-18(14-7-3-9-15(19)12-14)16-10-4-6-13-8-5-11-21-17(13)16/h3,5,7-9,11-12,16,18,20H,2,4,6,10H2,1H3. The van der Waals surface area contributed by atoms with Crippen LogP contribution in [0.4, 0.5) is 0 Å². The Morgan fingerprint density at radius 1 is 1.33 bits per heavy atom. The zero-order valence-electron chi connectivity index (χ0n) is 12.3. The number of likely N-dealkylation sites (N-methyl/N-ethyl adjacent to an activating group) is 1. The van der Waals surface area contributed by atoms with Crippen LogP contribution in [0.3, 0.4) is 0 Å². The average molecular weight is 345 g/mol. The number of nitrogens with one attached hydrogen (secondary N) is 1. The highest BCUT2D eigenvalue weighted by atomic mass is 79.9. The predicted octanol–water partition coefficient (Wildman–Crippen LogP) is 4.61. The van der Waals surface area contributed by atoms with Gasteiger partial charge in [-0.2, -0.15) is 0 Å². The number of fused-ring (bicyclic) bond motifs is 1. The summed E-state index contributed by atoms with van der Waals surface area (Å²) in [5.74, 6) is 0.462. The zero-order valence-corrected chi connectivity index (χ0v) is 13.9. The van der Waals surface area contributed by atoms with Crippen LogP contribution in [0.25, 0.3) is 0 Å². The molecular weight excluding hydrogens is 324 g/mol. The molecule has 2 atom stereocenters. The summed E-state index contributed by atoms with van der Waals surface area (Å²) >= 11 is 3.59. The Morgan fingerprint density at radius 2 is 2.24 bits per heavy atom. The van der Waals surface area contributed by atoms with Crippen LogP contribution in [0.15, 0.2) is 47.1 Å². The number of aryl methyl sites for hydroxylation is 1. The number of rotatable bonds is 4. The molecule has 0 radical (unpaired) electrons. The van der Waals surface area contributed by atoms with Gasteiger partial charge in [0, 0.05) is 28.3 Å². The van der Waals surface area contributed by atoms with Crippen LogP contribution in [0.5, 0.6) is 0 Å². The quantitative estimate of drug-likeness (QED) is 0.875. The molecule has 3 heteroatoms. The fourth-order valence-corrected chi connectivity index (χ4v) is 3.80. The topological polar surface area (TPSA) is 24.9 Å². The molecule has 2 unspecified atom stereocenters. The van der Waals surface area contributed by atoms with Crippen molar-refractivity contribution in [3.8, 4) is 0 Å². The summed E-state index contributed by atoms with van der Waals surface area (Å²) in [4.78, 5) is 4.70. The first-order valence-corrected chi connectivity index (χ1v) is 8.51. The summed E-state index contributed by atoms with van der Waals surface area (Å²) in [7, 11) is 0. The minimum absolute atomic E-state index is 0.335. The third-order valence-electron chi connectivity index (χ3n) is 4.27. The summed E-state index contributed by atoms with van der Waals surface area (Å²) in [6, 6.07) is 13.3. The maximum Gasteiger partial charge on any atom is 0.0485 e. The van der Waals surface area contributed by atoms with Crippen molar-refractivity contribution in [1.82, 2.24) is 10.3 Å². The molecule has 0 saturated heterocycles.